The van der Waals surface area contributed by atoms with Gasteiger partial charge in [-0.3, -0.25) is 0 Å². The maximum absolute atomic E-state index is 9.27. The van der Waals surface area contributed by atoms with Crippen molar-refractivity contribution in [3.05, 3.63) is 53.0 Å². The van der Waals surface area contributed by atoms with E-state index >= 15 is 0 Å². The van der Waals surface area contributed by atoms with Gasteiger partial charge in [-0.05, 0) is 26.3 Å². The van der Waals surface area contributed by atoms with Crippen molar-refractivity contribution in [2.24, 2.45) is 0 Å². The van der Waals surface area contributed by atoms with Crippen LogP contribution in [0.25, 0.3) is 0 Å². The minimum Gasteiger partial charge on any atom is -0.395 e. The van der Waals surface area contributed by atoms with Gasteiger partial charge in [0.25, 0.3) is 0 Å². The Balaban J connectivity index is 2.23. The second-order valence-electron chi connectivity index (χ2n) is 5.05. The lowest BCUT2D eigenvalue weighted by atomic mass is 10.1. The molecule has 0 bridgehead atoms. The molecule has 0 fully saturated rings. The summed E-state index contributed by atoms with van der Waals surface area (Å²) in [6.07, 6.45) is 0. The third-order valence-electron chi connectivity index (χ3n) is 3.14. The Kier molecular flexibility index (Phi) is 4.69. The van der Waals surface area contributed by atoms with Gasteiger partial charge in [0, 0.05) is 24.8 Å². The molecule has 0 aliphatic rings. The van der Waals surface area contributed by atoms with Gasteiger partial charge in [0.05, 0.1) is 6.61 Å². The summed E-state index contributed by atoms with van der Waals surface area (Å²) < 4.78 is 0. The molecular formula is C16H21N3O. The first-order valence-electron chi connectivity index (χ1n) is 6.82. The molecule has 0 spiro atoms. The fraction of sp³-hybridized carbons (Fsp3) is 0.375. The number of aromatic nitrogens is 2. The number of nitrogens with zero attached hydrogens (tertiary/aromatic N) is 3. The van der Waals surface area contributed by atoms with Crippen LogP contribution in [0.15, 0.2) is 30.3 Å². The smallest absolute Gasteiger partial charge is 0.132 e. The zero-order chi connectivity index (χ0) is 14.5. The van der Waals surface area contributed by atoms with E-state index in [9.17, 15) is 5.11 Å². The number of anilines is 1. The number of aliphatic hydroxyl groups is 1. The number of rotatable bonds is 5. The van der Waals surface area contributed by atoms with Gasteiger partial charge in [-0.25, -0.2) is 9.97 Å². The molecule has 1 heterocycles. The quantitative estimate of drug-likeness (QED) is 0.907. The Morgan fingerprint density at radius 3 is 2.35 bits per heavy atom. The first-order chi connectivity index (χ1) is 9.58. The van der Waals surface area contributed by atoms with E-state index in [2.05, 4.69) is 46.1 Å². The molecule has 4 nitrogen and oxygen atoms in total. The molecule has 4 heteroatoms. The van der Waals surface area contributed by atoms with Crippen LogP contribution in [0, 0.1) is 20.8 Å². The zero-order valence-electron chi connectivity index (χ0n) is 12.3. The van der Waals surface area contributed by atoms with Gasteiger partial charge in [-0.15, -0.1) is 0 Å². The van der Waals surface area contributed by atoms with Crippen LogP contribution in [0.3, 0.4) is 0 Å². The van der Waals surface area contributed by atoms with Crippen molar-refractivity contribution < 1.29 is 5.11 Å². The van der Waals surface area contributed by atoms with Crippen molar-refractivity contribution in [3.8, 4) is 0 Å². The second kappa shape index (κ2) is 6.48. The molecule has 0 atom stereocenters. The molecule has 1 aromatic heterocycles. The van der Waals surface area contributed by atoms with Crippen LogP contribution in [0.4, 0.5) is 5.82 Å². The Morgan fingerprint density at radius 2 is 1.75 bits per heavy atom. The van der Waals surface area contributed by atoms with Crippen LogP contribution in [0.1, 0.15) is 22.6 Å². The van der Waals surface area contributed by atoms with Crippen LogP contribution in [-0.4, -0.2) is 28.2 Å². The summed E-state index contributed by atoms with van der Waals surface area (Å²) in [7, 11) is 0. The lowest BCUT2D eigenvalue weighted by Crippen LogP contribution is -2.27. The van der Waals surface area contributed by atoms with Crippen LogP contribution < -0.4 is 4.90 Å². The summed E-state index contributed by atoms with van der Waals surface area (Å²) in [5.74, 6) is 1.62. The molecule has 2 rings (SSSR count). The fourth-order valence-corrected chi connectivity index (χ4v) is 2.17. The lowest BCUT2D eigenvalue weighted by molar-refractivity contribution is 0.301. The molecule has 20 heavy (non-hydrogen) atoms. The first kappa shape index (κ1) is 14.5. The fourth-order valence-electron chi connectivity index (χ4n) is 2.17. The molecule has 2 aromatic rings. The topological polar surface area (TPSA) is 49.2 Å². The number of hydrogen-bond donors (Lipinski definition) is 1. The Hall–Kier alpha value is -1.94. The minimum atomic E-state index is 0.105. The SMILES string of the molecule is Cc1ccc(CN(CCO)c2cc(C)nc(C)n2)cc1. The molecule has 1 N–H and O–H groups in total. The largest absolute Gasteiger partial charge is 0.395 e. The van der Waals surface area contributed by atoms with E-state index in [4.69, 9.17) is 0 Å². The van der Waals surface area contributed by atoms with Gasteiger partial charge in [0.2, 0.25) is 0 Å². The monoisotopic (exact) mass is 271 g/mol. The average Bonchev–Trinajstić information content (AvgIpc) is 2.39. The molecule has 0 saturated heterocycles. The molecule has 0 aliphatic carbocycles. The van der Waals surface area contributed by atoms with E-state index in [1.807, 2.05) is 19.9 Å². The van der Waals surface area contributed by atoms with Gasteiger partial charge in [0.15, 0.2) is 0 Å². The van der Waals surface area contributed by atoms with Gasteiger partial charge < -0.3 is 10.0 Å². The second-order valence-corrected chi connectivity index (χ2v) is 5.05. The highest BCUT2D eigenvalue weighted by Crippen LogP contribution is 2.16. The number of benzene rings is 1. The van der Waals surface area contributed by atoms with Crippen LogP contribution >= 0.6 is 0 Å². The lowest BCUT2D eigenvalue weighted by Gasteiger charge is -2.23. The van der Waals surface area contributed by atoms with Crippen molar-refractivity contribution in [3.63, 3.8) is 0 Å². The maximum Gasteiger partial charge on any atom is 0.132 e. The number of aryl methyl sites for hydroxylation is 3. The van der Waals surface area contributed by atoms with Crippen molar-refractivity contribution in [1.29, 1.82) is 0 Å². The van der Waals surface area contributed by atoms with Gasteiger partial charge >= 0.3 is 0 Å². The van der Waals surface area contributed by atoms with E-state index in [-0.39, 0.29) is 6.61 Å². The number of hydrogen-bond acceptors (Lipinski definition) is 4. The van der Waals surface area contributed by atoms with Gasteiger partial charge in [-0.1, -0.05) is 29.8 Å². The molecule has 0 radical (unpaired) electrons. The third-order valence-corrected chi connectivity index (χ3v) is 3.14. The first-order valence-corrected chi connectivity index (χ1v) is 6.82. The predicted molar refractivity (Wildman–Crippen MR) is 80.8 cm³/mol. The van der Waals surface area contributed by atoms with Crippen LogP contribution in [-0.2, 0) is 6.54 Å². The summed E-state index contributed by atoms with van der Waals surface area (Å²) in [6, 6.07) is 10.4. The van der Waals surface area contributed by atoms with Crippen LogP contribution in [0.5, 0.6) is 0 Å². The van der Waals surface area contributed by atoms with Gasteiger partial charge in [0.1, 0.15) is 11.6 Å². The molecule has 106 valence electrons. The van der Waals surface area contributed by atoms with Gasteiger partial charge in [-0.2, -0.15) is 0 Å². The third kappa shape index (κ3) is 3.78. The highest BCUT2D eigenvalue weighted by atomic mass is 16.3. The molecule has 0 aliphatic heterocycles. The molecule has 0 unspecified atom stereocenters. The van der Waals surface area contributed by atoms with E-state index in [0.717, 1.165) is 23.9 Å². The Bertz CT molecular complexity index is 546. The molecule has 0 amide bonds. The highest BCUT2D eigenvalue weighted by molar-refractivity contribution is 5.41. The average molecular weight is 271 g/mol. The maximum atomic E-state index is 9.27. The van der Waals surface area contributed by atoms with E-state index in [1.165, 1.54) is 11.1 Å². The van der Waals surface area contributed by atoms with Crippen molar-refractivity contribution >= 4 is 5.82 Å². The Labute approximate surface area is 120 Å². The van der Waals surface area contributed by atoms with Crippen molar-refractivity contribution in [1.82, 2.24) is 9.97 Å². The predicted octanol–water partition coefficient (Wildman–Crippen LogP) is 2.40. The molecule has 0 saturated carbocycles. The summed E-state index contributed by atoms with van der Waals surface area (Å²) in [5.41, 5.74) is 3.40. The summed E-state index contributed by atoms with van der Waals surface area (Å²) in [6.45, 7) is 7.32. The number of aliphatic hydroxyl groups excluding tert-OH is 1. The zero-order valence-corrected chi connectivity index (χ0v) is 12.3. The molecular weight excluding hydrogens is 250 g/mol. The van der Waals surface area contributed by atoms with Crippen molar-refractivity contribution in [2.45, 2.75) is 27.3 Å². The van der Waals surface area contributed by atoms with E-state index in [0.29, 0.717) is 6.54 Å². The van der Waals surface area contributed by atoms with Crippen LogP contribution in [0.2, 0.25) is 0 Å². The Morgan fingerprint density at radius 1 is 1.05 bits per heavy atom. The summed E-state index contributed by atoms with van der Waals surface area (Å²) in [5, 5.41) is 9.27. The summed E-state index contributed by atoms with van der Waals surface area (Å²) >= 11 is 0. The highest BCUT2D eigenvalue weighted by Gasteiger charge is 2.10. The van der Waals surface area contributed by atoms with E-state index in [1.54, 1.807) is 0 Å². The summed E-state index contributed by atoms with van der Waals surface area (Å²) in [4.78, 5) is 10.8. The molecule has 1 aromatic carbocycles. The van der Waals surface area contributed by atoms with Crippen molar-refractivity contribution in [2.75, 3.05) is 18.1 Å². The minimum absolute atomic E-state index is 0.105. The van der Waals surface area contributed by atoms with E-state index < -0.39 is 0 Å². The normalized spacial score (nSPS) is 10.6. The standard InChI is InChI=1S/C16H21N3O/c1-12-4-6-15(7-5-12)11-19(8-9-20)16-10-13(2)17-14(3)18-16/h4-7,10,20H,8-9,11H2,1-3H3.